The van der Waals surface area contributed by atoms with Crippen LogP contribution in [0, 0.1) is 0 Å². The van der Waals surface area contributed by atoms with Crippen LogP contribution >= 0.6 is 11.6 Å². The monoisotopic (exact) mass is 465 g/mol. The van der Waals surface area contributed by atoms with Gasteiger partial charge < -0.3 is 14.7 Å². The minimum absolute atomic E-state index is 0.270. The Morgan fingerprint density at radius 1 is 0.970 bits per heavy atom. The second-order valence-electron chi connectivity index (χ2n) is 8.17. The number of carboxylic acid groups (broad SMARTS) is 1. The minimum atomic E-state index is -0.926. The summed E-state index contributed by atoms with van der Waals surface area (Å²) >= 11 is 6.04. The lowest BCUT2D eigenvalue weighted by molar-refractivity contribution is 0.0697. The number of halogens is 1. The number of hydrogen-bond donors (Lipinski definition) is 1. The maximum Gasteiger partial charge on any atom is 0.335 e. The van der Waals surface area contributed by atoms with E-state index in [0.29, 0.717) is 12.4 Å². The molecular weight excluding hydrogens is 438 g/mol. The van der Waals surface area contributed by atoms with Gasteiger partial charge in [0.05, 0.1) is 17.9 Å². The van der Waals surface area contributed by atoms with Gasteiger partial charge >= 0.3 is 5.97 Å². The highest BCUT2D eigenvalue weighted by molar-refractivity contribution is 6.30. The van der Waals surface area contributed by atoms with Crippen molar-refractivity contribution in [3.63, 3.8) is 0 Å². The van der Waals surface area contributed by atoms with E-state index in [1.54, 1.807) is 24.3 Å². The Labute approximate surface area is 199 Å². The van der Waals surface area contributed by atoms with Crippen molar-refractivity contribution in [2.45, 2.75) is 13.0 Å². The number of hydrogen-bond acceptors (Lipinski definition) is 5. The van der Waals surface area contributed by atoms with Crippen LogP contribution in [-0.4, -0.2) is 65.2 Å². The average Bonchev–Trinajstić information content (AvgIpc) is 2.84. The third-order valence-corrected chi connectivity index (χ3v) is 6.11. The van der Waals surface area contributed by atoms with Gasteiger partial charge in [-0.25, -0.2) is 4.79 Å². The number of carboxylic acids is 1. The summed E-state index contributed by atoms with van der Waals surface area (Å²) in [4.78, 5) is 20.5. The molecule has 0 atom stereocenters. The summed E-state index contributed by atoms with van der Waals surface area (Å²) in [6.07, 6.45) is 2.78. The zero-order valence-electron chi connectivity index (χ0n) is 18.5. The summed E-state index contributed by atoms with van der Waals surface area (Å²) in [5, 5.41) is 9.68. The molecular formula is C26H28ClN3O3. The molecule has 0 aliphatic carbocycles. The highest BCUT2D eigenvalue weighted by Crippen LogP contribution is 2.24. The van der Waals surface area contributed by atoms with Crippen LogP contribution in [0.15, 0.2) is 66.9 Å². The Morgan fingerprint density at radius 2 is 1.67 bits per heavy atom. The Hall–Kier alpha value is -2.93. The zero-order valence-corrected chi connectivity index (χ0v) is 19.2. The summed E-state index contributed by atoms with van der Waals surface area (Å²) in [7, 11) is 0. The van der Waals surface area contributed by atoms with Gasteiger partial charge in [-0.1, -0.05) is 29.8 Å². The number of carbonyl (C=O) groups is 1. The van der Waals surface area contributed by atoms with Gasteiger partial charge in [0, 0.05) is 56.1 Å². The van der Waals surface area contributed by atoms with Gasteiger partial charge in [0.15, 0.2) is 0 Å². The maximum atomic E-state index is 10.9. The standard InChI is InChI=1S/C26H28ClN3O3/c27-23-8-4-20(5-9-23)25-22(3-1-12-28-25)19-30-16-14-29(15-17-30)13-2-18-33-24-10-6-21(7-11-24)26(31)32/h1,3-12H,2,13-19H2,(H,31,32). The molecule has 4 rings (SSSR count). The molecule has 6 nitrogen and oxygen atoms in total. The van der Waals surface area contributed by atoms with E-state index in [1.807, 2.05) is 36.5 Å². The van der Waals surface area contributed by atoms with Crippen molar-refractivity contribution < 1.29 is 14.6 Å². The summed E-state index contributed by atoms with van der Waals surface area (Å²) in [5.41, 5.74) is 3.61. The van der Waals surface area contributed by atoms with Crippen LogP contribution in [0.25, 0.3) is 11.3 Å². The van der Waals surface area contributed by atoms with Gasteiger partial charge in [0.25, 0.3) is 0 Å². The molecule has 1 aliphatic rings. The quantitative estimate of drug-likeness (QED) is 0.462. The molecule has 2 aromatic carbocycles. The number of pyridine rings is 1. The molecule has 1 N–H and O–H groups in total. The van der Waals surface area contributed by atoms with Crippen LogP contribution in [0.5, 0.6) is 5.75 Å². The molecule has 1 saturated heterocycles. The molecule has 33 heavy (non-hydrogen) atoms. The van der Waals surface area contributed by atoms with Crippen LogP contribution < -0.4 is 4.74 Å². The van der Waals surface area contributed by atoms with E-state index in [-0.39, 0.29) is 5.56 Å². The predicted molar refractivity (Wildman–Crippen MR) is 130 cm³/mol. The molecule has 0 unspecified atom stereocenters. The van der Waals surface area contributed by atoms with Crippen LogP contribution in [0.1, 0.15) is 22.3 Å². The molecule has 0 bridgehead atoms. The molecule has 1 fully saturated rings. The van der Waals surface area contributed by atoms with Crippen LogP contribution in [-0.2, 0) is 6.54 Å². The number of ether oxygens (including phenoxy) is 1. The number of nitrogens with zero attached hydrogens (tertiary/aromatic N) is 3. The fourth-order valence-corrected chi connectivity index (χ4v) is 4.14. The fraction of sp³-hybridized carbons (Fsp3) is 0.308. The SMILES string of the molecule is O=C(O)c1ccc(OCCCN2CCN(Cc3cccnc3-c3ccc(Cl)cc3)CC2)cc1. The Kier molecular flexibility index (Phi) is 7.94. The molecule has 0 radical (unpaired) electrons. The van der Waals surface area contributed by atoms with Crippen molar-refractivity contribution in [2.75, 3.05) is 39.3 Å². The predicted octanol–water partition coefficient (Wildman–Crippen LogP) is 4.69. The third-order valence-electron chi connectivity index (χ3n) is 5.86. The normalized spacial score (nSPS) is 14.8. The maximum absolute atomic E-state index is 10.9. The Balaban J connectivity index is 1.21. The average molecular weight is 466 g/mol. The second kappa shape index (κ2) is 11.3. The summed E-state index contributed by atoms with van der Waals surface area (Å²) in [6.45, 7) is 6.60. The number of aromatic nitrogens is 1. The highest BCUT2D eigenvalue weighted by Gasteiger charge is 2.18. The van der Waals surface area contributed by atoms with Gasteiger partial charge in [-0.15, -0.1) is 0 Å². The summed E-state index contributed by atoms with van der Waals surface area (Å²) in [6, 6.07) is 18.6. The lowest BCUT2D eigenvalue weighted by atomic mass is 10.1. The first kappa shape index (κ1) is 23.2. The molecule has 172 valence electrons. The lowest BCUT2D eigenvalue weighted by Crippen LogP contribution is -2.46. The van der Waals surface area contributed by atoms with Crippen molar-refractivity contribution in [1.29, 1.82) is 0 Å². The van der Waals surface area contributed by atoms with Gasteiger partial charge in [0.2, 0.25) is 0 Å². The lowest BCUT2D eigenvalue weighted by Gasteiger charge is -2.35. The van der Waals surface area contributed by atoms with Crippen molar-refractivity contribution in [1.82, 2.24) is 14.8 Å². The largest absolute Gasteiger partial charge is 0.494 e. The summed E-state index contributed by atoms with van der Waals surface area (Å²) in [5.74, 6) is -0.219. The molecule has 1 aliphatic heterocycles. The van der Waals surface area contributed by atoms with Crippen molar-refractivity contribution in [3.8, 4) is 17.0 Å². The van der Waals surface area contributed by atoms with Crippen LogP contribution in [0.3, 0.4) is 0 Å². The number of rotatable bonds is 9. The zero-order chi connectivity index (χ0) is 23.0. The molecule has 3 aromatic rings. The number of benzene rings is 2. The van der Waals surface area contributed by atoms with Crippen molar-refractivity contribution in [3.05, 3.63) is 83.0 Å². The van der Waals surface area contributed by atoms with E-state index in [4.69, 9.17) is 21.4 Å². The highest BCUT2D eigenvalue weighted by atomic mass is 35.5. The van der Waals surface area contributed by atoms with Gasteiger partial charge in [-0.3, -0.25) is 9.88 Å². The second-order valence-corrected chi connectivity index (χ2v) is 8.60. The molecule has 0 saturated carbocycles. The van der Waals surface area contributed by atoms with E-state index in [9.17, 15) is 4.79 Å². The first-order valence-corrected chi connectivity index (χ1v) is 11.6. The summed E-state index contributed by atoms with van der Waals surface area (Å²) < 4.78 is 5.75. The van der Waals surface area contributed by atoms with Crippen molar-refractivity contribution in [2.24, 2.45) is 0 Å². The first-order chi connectivity index (χ1) is 16.1. The Bertz CT molecular complexity index is 1050. The fourth-order valence-electron chi connectivity index (χ4n) is 4.02. The third kappa shape index (κ3) is 6.54. The molecule has 0 amide bonds. The molecule has 2 heterocycles. The first-order valence-electron chi connectivity index (χ1n) is 11.2. The Morgan fingerprint density at radius 3 is 2.36 bits per heavy atom. The molecule has 1 aromatic heterocycles. The number of piperazine rings is 1. The van der Waals surface area contributed by atoms with E-state index in [1.165, 1.54) is 5.56 Å². The minimum Gasteiger partial charge on any atom is -0.494 e. The van der Waals surface area contributed by atoms with Gasteiger partial charge in [0.1, 0.15) is 5.75 Å². The topological polar surface area (TPSA) is 65.9 Å². The van der Waals surface area contributed by atoms with Crippen LogP contribution in [0.2, 0.25) is 5.02 Å². The molecule has 7 heteroatoms. The van der Waals surface area contributed by atoms with Gasteiger partial charge in [-0.05, 0) is 54.4 Å². The number of aromatic carboxylic acids is 1. The van der Waals surface area contributed by atoms with E-state index in [2.05, 4.69) is 20.9 Å². The van der Waals surface area contributed by atoms with Crippen molar-refractivity contribution >= 4 is 17.6 Å². The van der Waals surface area contributed by atoms with Gasteiger partial charge in [-0.2, -0.15) is 0 Å². The van der Waals surface area contributed by atoms with E-state index >= 15 is 0 Å². The molecule has 0 spiro atoms. The van der Waals surface area contributed by atoms with E-state index < -0.39 is 5.97 Å². The van der Waals surface area contributed by atoms with E-state index in [0.717, 1.165) is 62.0 Å². The smallest absolute Gasteiger partial charge is 0.335 e. The van der Waals surface area contributed by atoms with Crippen LogP contribution in [0.4, 0.5) is 0 Å².